The van der Waals surface area contributed by atoms with Crippen LogP contribution in [0.4, 0.5) is 0 Å². The normalized spacial score (nSPS) is 11.5. The van der Waals surface area contributed by atoms with Crippen LogP contribution in [0.2, 0.25) is 0 Å². The summed E-state index contributed by atoms with van der Waals surface area (Å²) >= 11 is 1.72. The van der Waals surface area contributed by atoms with Gasteiger partial charge in [0.1, 0.15) is 0 Å². The van der Waals surface area contributed by atoms with Gasteiger partial charge in [0, 0.05) is 30.0 Å². The van der Waals surface area contributed by atoms with Gasteiger partial charge in [0.15, 0.2) is 9.84 Å². The molecule has 3 nitrogen and oxygen atoms in total. The van der Waals surface area contributed by atoms with Crippen molar-refractivity contribution in [3.63, 3.8) is 0 Å². The molecule has 0 aliphatic heterocycles. The van der Waals surface area contributed by atoms with Crippen LogP contribution < -0.4 is 5.32 Å². The van der Waals surface area contributed by atoms with Gasteiger partial charge in [0.25, 0.3) is 0 Å². The summed E-state index contributed by atoms with van der Waals surface area (Å²) in [5.74, 6) is 0.949. The van der Waals surface area contributed by atoms with E-state index in [1.54, 1.807) is 23.9 Å². The Kier molecular flexibility index (Phi) is 5.85. The fourth-order valence-corrected chi connectivity index (χ4v) is 3.29. The van der Waals surface area contributed by atoms with Crippen molar-refractivity contribution in [2.45, 2.75) is 16.3 Å². The molecule has 112 valence electrons. The third-order valence-electron chi connectivity index (χ3n) is 2.97. The van der Waals surface area contributed by atoms with Crippen molar-refractivity contribution >= 4 is 21.6 Å². The highest BCUT2D eigenvalue weighted by Gasteiger charge is 2.05. The first-order valence-electron chi connectivity index (χ1n) is 6.73. The second-order valence-electron chi connectivity index (χ2n) is 4.75. The highest BCUT2D eigenvalue weighted by Crippen LogP contribution is 2.19. The molecule has 0 radical (unpaired) electrons. The van der Waals surface area contributed by atoms with E-state index in [-0.39, 0.29) is 0 Å². The molecule has 2 rings (SSSR count). The van der Waals surface area contributed by atoms with Gasteiger partial charge in [-0.25, -0.2) is 8.42 Å². The summed E-state index contributed by atoms with van der Waals surface area (Å²) in [6.07, 6.45) is 1.22. The van der Waals surface area contributed by atoms with E-state index in [0.717, 1.165) is 23.7 Å². The summed E-state index contributed by atoms with van der Waals surface area (Å²) in [4.78, 5) is 1.46. The molecule has 2 aromatic carbocycles. The number of sulfone groups is 1. The summed E-state index contributed by atoms with van der Waals surface area (Å²) in [5.41, 5.74) is 1.28. The Labute approximate surface area is 130 Å². The molecule has 0 spiro atoms. The molecule has 0 saturated heterocycles. The van der Waals surface area contributed by atoms with Crippen molar-refractivity contribution in [1.29, 1.82) is 0 Å². The Balaban J connectivity index is 1.71. The first-order valence-corrected chi connectivity index (χ1v) is 9.61. The number of hydrogen-bond donors (Lipinski definition) is 1. The predicted octanol–water partition coefficient (Wildman–Crippen LogP) is 2.97. The lowest BCUT2D eigenvalue weighted by molar-refractivity contribution is 0.602. The Bertz CT molecular complexity index is 652. The van der Waals surface area contributed by atoms with Crippen molar-refractivity contribution < 1.29 is 8.42 Å². The molecule has 2 aromatic rings. The molecule has 0 bridgehead atoms. The second-order valence-corrected chi connectivity index (χ2v) is 7.94. The van der Waals surface area contributed by atoms with Crippen LogP contribution in [0.5, 0.6) is 0 Å². The molecular weight excluding hydrogens is 302 g/mol. The SMILES string of the molecule is CS(=O)(=O)c1ccc(SCCNCc2ccccc2)cc1. The maximum absolute atomic E-state index is 11.4. The topological polar surface area (TPSA) is 46.2 Å². The van der Waals surface area contributed by atoms with Crippen LogP contribution in [0.3, 0.4) is 0 Å². The fraction of sp³-hybridized carbons (Fsp3) is 0.250. The highest BCUT2D eigenvalue weighted by atomic mass is 32.2. The number of thioether (sulfide) groups is 1. The molecular formula is C16H19NO2S2. The minimum absolute atomic E-state index is 0.369. The number of rotatable bonds is 7. The predicted molar refractivity (Wildman–Crippen MR) is 88.4 cm³/mol. The third-order valence-corrected chi connectivity index (χ3v) is 5.11. The first kappa shape index (κ1) is 16.1. The van der Waals surface area contributed by atoms with Gasteiger partial charge in [-0.2, -0.15) is 0 Å². The van der Waals surface area contributed by atoms with E-state index in [1.807, 2.05) is 30.3 Å². The summed E-state index contributed by atoms with van der Waals surface area (Å²) in [5, 5.41) is 3.39. The standard InChI is InChI=1S/C16H19NO2S2/c1-21(18,19)16-9-7-15(8-10-16)20-12-11-17-13-14-5-3-2-4-6-14/h2-10,17H,11-13H2,1H3. The quantitative estimate of drug-likeness (QED) is 0.629. The van der Waals surface area contributed by atoms with Gasteiger partial charge in [-0.1, -0.05) is 30.3 Å². The lowest BCUT2D eigenvalue weighted by atomic mass is 10.2. The van der Waals surface area contributed by atoms with Crippen molar-refractivity contribution in [2.24, 2.45) is 0 Å². The molecule has 21 heavy (non-hydrogen) atoms. The zero-order valence-corrected chi connectivity index (χ0v) is 13.6. The Morgan fingerprint density at radius 2 is 1.67 bits per heavy atom. The largest absolute Gasteiger partial charge is 0.312 e. The molecule has 0 aliphatic carbocycles. The number of nitrogens with one attached hydrogen (secondary N) is 1. The van der Waals surface area contributed by atoms with Crippen LogP contribution in [0.1, 0.15) is 5.56 Å². The number of benzene rings is 2. The van der Waals surface area contributed by atoms with E-state index < -0.39 is 9.84 Å². The first-order chi connectivity index (χ1) is 10.1. The summed E-state index contributed by atoms with van der Waals surface area (Å²) in [6.45, 7) is 1.78. The number of hydrogen-bond acceptors (Lipinski definition) is 4. The van der Waals surface area contributed by atoms with Gasteiger partial charge in [0.2, 0.25) is 0 Å². The van der Waals surface area contributed by atoms with E-state index in [2.05, 4.69) is 17.4 Å². The lowest BCUT2D eigenvalue weighted by Crippen LogP contribution is -2.16. The molecule has 0 atom stereocenters. The second kappa shape index (κ2) is 7.64. The van der Waals surface area contributed by atoms with Crippen molar-refractivity contribution in [1.82, 2.24) is 5.32 Å². The van der Waals surface area contributed by atoms with Crippen LogP contribution in [-0.2, 0) is 16.4 Å². The zero-order valence-electron chi connectivity index (χ0n) is 12.0. The molecule has 0 unspecified atom stereocenters. The average Bonchev–Trinajstić information content (AvgIpc) is 2.47. The van der Waals surface area contributed by atoms with Crippen molar-refractivity contribution in [3.05, 3.63) is 60.2 Å². The molecule has 0 fully saturated rings. The van der Waals surface area contributed by atoms with E-state index in [9.17, 15) is 8.42 Å². The Morgan fingerprint density at radius 1 is 1.00 bits per heavy atom. The summed E-state index contributed by atoms with van der Waals surface area (Å²) in [7, 11) is -3.10. The zero-order chi connectivity index (χ0) is 15.1. The van der Waals surface area contributed by atoms with Gasteiger partial charge in [0.05, 0.1) is 4.90 Å². The molecule has 0 aromatic heterocycles. The summed E-state index contributed by atoms with van der Waals surface area (Å²) in [6, 6.07) is 17.3. The van der Waals surface area contributed by atoms with Gasteiger partial charge in [-0.15, -0.1) is 11.8 Å². The van der Waals surface area contributed by atoms with E-state index in [4.69, 9.17) is 0 Å². The molecule has 0 heterocycles. The van der Waals surface area contributed by atoms with Crippen molar-refractivity contribution in [2.75, 3.05) is 18.6 Å². The highest BCUT2D eigenvalue weighted by molar-refractivity contribution is 7.99. The van der Waals surface area contributed by atoms with Gasteiger partial charge in [-0.05, 0) is 29.8 Å². The maximum atomic E-state index is 11.4. The molecule has 1 N–H and O–H groups in total. The Morgan fingerprint density at radius 3 is 2.29 bits per heavy atom. The smallest absolute Gasteiger partial charge is 0.175 e. The van der Waals surface area contributed by atoms with Gasteiger partial charge in [-0.3, -0.25) is 0 Å². The summed E-state index contributed by atoms with van der Waals surface area (Å²) < 4.78 is 22.7. The van der Waals surface area contributed by atoms with Gasteiger partial charge >= 0.3 is 0 Å². The molecule has 0 amide bonds. The van der Waals surface area contributed by atoms with Crippen LogP contribution in [0, 0.1) is 0 Å². The monoisotopic (exact) mass is 321 g/mol. The van der Waals surface area contributed by atoms with Crippen LogP contribution in [0.25, 0.3) is 0 Å². The maximum Gasteiger partial charge on any atom is 0.175 e. The third kappa shape index (κ3) is 5.53. The van der Waals surface area contributed by atoms with E-state index >= 15 is 0 Å². The Hall–Kier alpha value is -1.30. The fourth-order valence-electron chi connectivity index (χ4n) is 1.85. The lowest BCUT2D eigenvalue weighted by Gasteiger charge is -2.05. The average molecular weight is 321 g/mol. The molecule has 0 saturated carbocycles. The minimum atomic E-state index is -3.10. The minimum Gasteiger partial charge on any atom is -0.312 e. The van der Waals surface area contributed by atoms with Crippen molar-refractivity contribution in [3.8, 4) is 0 Å². The van der Waals surface area contributed by atoms with Crippen LogP contribution >= 0.6 is 11.8 Å². The van der Waals surface area contributed by atoms with E-state index in [0.29, 0.717) is 4.90 Å². The van der Waals surface area contributed by atoms with Crippen LogP contribution in [-0.4, -0.2) is 27.0 Å². The van der Waals surface area contributed by atoms with Crippen LogP contribution in [0.15, 0.2) is 64.4 Å². The van der Waals surface area contributed by atoms with Gasteiger partial charge < -0.3 is 5.32 Å². The molecule has 0 aliphatic rings. The molecule has 5 heteroatoms. The van der Waals surface area contributed by atoms with E-state index in [1.165, 1.54) is 11.8 Å².